The molecule has 1 fully saturated rings. The third-order valence-corrected chi connectivity index (χ3v) is 7.57. The lowest BCUT2D eigenvalue weighted by Gasteiger charge is -2.41. The summed E-state index contributed by atoms with van der Waals surface area (Å²) in [7, 11) is 1.73. The van der Waals surface area contributed by atoms with Gasteiger partial charge in [0.15, 0.2) is 0 Å². The largest absolute Gasteiger partial charge is 0.457 e. The molecule has 3 N–H and O–H groups in total. The van der Waals surface area contributed by atoms with Crippen molar-refractivity contribution in [3.63, 3.8) is 0 Å². The molecule has 0 spiro atoms. The number of hydrogen-bond donors (Lipinski definition) is 3. The summed E-state index contributed by atoms with van der Waals surface area (Å²) >= 11 is 0. The van der Waals surface area contributed by atoms with Crippen LogP contribution in [0.1, 0.15) is 50.7 Å². The number of hydrogen-bond acceptors (Lipinski definition) is 5. The number of carbonyl (C=O) groups excluding carboxylic acids is 2. The number of ether oxygens (including phenoxy) is 2. The normalized spacial score (nSPS) is 19.9. The zero-order chi connectivity index (χ0) is 26.3. The summed E-state index contributed by atoms with van der Waals surface area (Å²) in [6, 6.07) is 16.3. The van der Waals surface area contributed by atoms with Gasteiger partial charge in [0, 0.05) is 56.4 Å². The summed E-state index contributed by atoms with van der Waals surface area (Å²) in [6.45, 7) is 7.17. The number of fused-ring (bicyclic) bond motifs is 2. The number of para-hydroxylation sites is 2. The third-order valence-electron chi connectivity index (χ3n) is 7.57. The second-order valence-corrected chi connectivity index (χ2v) is 10.8. The summed E-state index contributed by atoms with van der Waals surface area (Å²) in [5.41, 5.74) is 1.78. The first-order valence-electron chi connectivity index (χ1n) is 13.6. The van der Waals surface area contributed by atoms with Gasteiger partial charge in [-0.1, -0.05) is 50.2 Å². The van der Waals surface area contributed by atoms with E-state index in [2.05, 4.69) is 41.9 Å². The van der Waals surface area contributed by atoms with Crippen LogP contribution in [-0.2, 0) is 19.7 Å². The van der Waals surface area contributed by atoms with E-state index >= 15 is 0 Å². The molecule has 1 saturated heterocycles. The van der Waals surface area contributed by atoms with Crippen LogP contribution in [0.3, 0.4) is 0 Å². The van der Waals surface area contributed by atoms with E-state index < -0.39 is 5.41 Å². The Morgan fingerprint density at radius 1 is 0.973 bits per heavy atom. The van der Waals surface area contributed by atoms with E-state index in [1.807, 2.05) is 36.4 Å². The second kappa shape index (κ2) is 12.6. The summed E-state index contributed by atoms with van der Waals surface area (Å²) in [4.78, 5) is 26.1. The molecule has 2 amide bonds. The first kappa shape index (κ1) is 27.1. The van der Waals surface area contributed by atoms with Gasteiger partial charge in [-0.15, -0.1) is 0 Å². The summed E-state index contributed by atoms with van der Waals surface area (Å²) in [6.07, 6.45) is 3.31. The van der Waals surface area contributed by atoms with Gasteiger partial charge < -0.3 is 25.4 Å². The molecule has 0 radical (unpaired) electrons. The van der Waals surface area contributed by atoms with Crippen molar-refractivity contribution in [3.05, 3.63) is 59.7 Å². The fourth-order valence-corrected chi connectivity index (χ4v) is 5.56. The average Bonchev–Trinajstić information content (AvgIpc) is 2.92. The van der Waals surface area contributed by atoms with Gasteiger partial charge in [-0.25, -0.2) is 0 Å². The molecule has 2 aromatic carbocycles. The van der Waals surface area contributed by atoms with Crippen LogP contribution in [0.25, 0.3) is 0 Å². The molecule has 2 heterocycles. The molecule has 2 aliphatic rings. The molecule has 0 unspecified atom stereocenters. The van der Waals surface area contributed by atoms with Gasteiger partial charge in [-0.2, -0.15) is 0 Å². The van der Waals surface area contributed by atoms with E-state index in [0.29, 0.717) is 45.1 Å². The zero-order valence-corrected chi connectivity index (χ0v) is 22.3. The zero-order valence-electron chi connectivity index (χ0n) is 22.3. The average molecular weight is 508 g/mol. The Hall–Kier alpha value is -2.90. The Morgan fingerprint density at radius 2 is 1.57 bits per heavy atom. The maximum absolute atomic E-state index is 13.5. The number of nitrogens with one attached hydrogen (secondary N) is 3. The lowest BCUT2D eigenvalue weighted by atomic mass is 9.69. The highest BCUT2D eigenvalue weighted by atomic mass is 16.5. The molecule has 37 heavy (non-hydrogen) atoms. The minimum atomic E-state index is -0.412. The molecule has 2 aromatic rings. The van der Waals surface area contributed by atoms with Gasteiger partial charge in [-0.05, 0) is 43.7 Å². The lowest BCUT2D eigenvalue weighted by molar-refractivity contribution is -0.129. The Balaban J connectivity index is 1.53. The van der Waals surface area contributed by atoms with Crippen LogP contribution in [0.5, 0.6) is 11.5 Å². The summed E-state index contributed by atoms with van der Waals surface area (Å²) in [5.74, 6) is 1.64. The van der Waals surface area contributed by atoms with Crippen molar-refractivity contribution in [1.82, 2.24) is 16.0 Å². The maximum Gasteiger partial charge on any atom is 0.224 e. The number of benzene rings is 2. The molecule has 2 atom stereocenters. The van der Waals surface area contributed by atoms with E-state index in [-0.39, 0.29) is 23.7 Å². The molecule has 0 bridgehead atoms. The van der Waals surface area contributed by atoms with Crippen LogP contribution in [0, 0.1) is 17.8 Å². The van der Waals surface area contributed by atoms with Crippen molar-refractivity contribution in [1.29, 1.82) is 0 Å². The SMILES string of the molecule is COCCCCC1(CNC(=O)[C@@H]2CNC[C@H](C(=O)NCC(C)C)C2)c2ccccc2Oc2ccccc21. The van der Waals surface area contributed by atoms with Crippen LogP contribution < -0.4 is 20.7 Å². The Labute approximate surface area is 220 Å². The van der Waals surface area contributed by atoms with Crippen molar-refractivity contribution >= 4 is 11.8 Å². The van der Waals surface area contributed by atoms with E-state index in [0.717, 1.165) is 41.9 Å². The smallest absolute Gasteiger partial charge is 0.224 e. The van der Waals surface area contributed by atoms with Crippen molar-refractivity contribution in [2.24, 2.45) is 17.8 Å². The highest BCUT2D eigenvalue weighted by molar-refractivity contribution is 5.83. The van der Waals surface area contributed by atoms with E-state index in [4.69, 9.17) is 9.47 Å². The maximum atomic E-state index is 13.5. The van der Waals surface area contributed by atoms with Gasteiger partial charge in [-0.3, -0.25) is 9.59 Å². The Bertz CT molecular complexity index is 1020. The van der Waals surface area contributed by atoms with E-state index in [1.54, 1.807) is 7.11 Å². The van der Waals surface area contributed by atoms with Crippen LogP contribution in [0.15, 0.2) is 48.5 Å². The number of unbranched alkanes of at least 4 members (excludes halogenated alkanes) is 1. The fraction of sp³-hybridized carbons (Fsp3) is 0.533. The van der Waals surface area contributed by atoms with Crippen molar-refractivity contribution in [2.75, 3.05) is 39.9 Å². The highest BCUT2D eigenvalue weighted by Crippen LogP contribution is 2.50. The number of methoxy groups -OCH3 is 1. The monoisotopic (exact) mass is 507 g/mol. The molecule has 2 aliphatic heterocycles. The molecular formula is C30H41N3O4. The molecule has 4 rings (SSSR count). The van der Waals surface area contributed by atoms with E-state index in [1.165, 1.54) is 0 Å². The van der Waals surface area contributed by atoms with Crippen molar-refractivity contribution in [3.8, 4) is 11.5 Å². The van der Waals surface area contributed by atoms with Crippen LogP contribution >= 0.6 is 0 Å². The van der Waals surface area contributed by atoms with Crippen LogP contribution in [-0.4, -0.2) is 51.7 Å². The standard InChI is InChI=1S/C30H41N3O4/c1-21(2)17-32-28(34)22-16-23(19-31-18-22)29(35)33-20-30(14-8-9-15-36-3)24-10-4-6-12-26(24)37-27-13-7-5-11-25(27)30/h4-7,10-13,21-23,31H,8-9,14-20H2,1-3H3,(H,32,34)(H,33,35)/t22-,23+/m1/s1. The minimum Gasteiger partial charge on any atom is -0.457 e. The van der Waals surface area contributed by atoms with Crippen molar-refractivity contribution in [2.45, 2.75) is 44.9 Å². The molecule has 0 aromatic heterocycles. The quantitative estimate of drug-likeness (QED) is 0.400. The Kier molecular flexibility index (Phi) is 9.22. The molecule has 0 aliphatic carbocycles. The first-order chi connectivity index (χ1) is 17.9. The molecule has 7 heteroatoms. The number of rotatable bonds is 11. The number of amides is 2. The minimum absolute atomic E-state index is 0.00780. The van der Waals surface area contributed by atoms with Crippen LogP contribution in [0.4, 0.5) is 0 Å². The second-order valence-electron chi connectivity index (χ2n) is 10.8. The molecule has 7 nitrogen and oxygen atoms in total. The van der Waals surface area contributed by atoms with Crippen LogP contribution in [0.2, 0.25) is 0 Å². The molecular weight excluding hydrogens is 466 g/mol. The summed E-state index contributed by atoms with van der Waals surface area (Å²) in [5, 5.41) is 9.63. The van der Waals surface area contributed by atoms with Gasteiger partial charge in [0.25, 0.3) is 0 Å². The van der Waals surface area contributed by atoms with E-state index in [9.17, 15) is 9.59 Å². The van der Waals surface area contributed by atoms with Gasteiger partial charge in [0.1, 0.15) is 11.5 Å². The highest BCUT2D eigenvalue weighted by Gasteiger charge is 2.42. The Morgan fingerprint density at radius 3 is 2.16 bits per heavy atom. The topological polar surface area (TPSA) is 88.7 Å². The molecule has 0 saturated carbocycles. The third kappa shape index (κ3) is 6.33. The van der Waals surface area contributed by atoms with Crippen molar-refractivity contribution < 1.29 is 19.1 Å². The first-order valence-corrected chi connectivity index (χ1v) is 13.6. The molecule has 200 valence electrons. The number of carbonyl (C=O) groups is 2. The predicted molar refractivity (Wildman–Crippen MR) is 145 cm³/mol. The van der Waals surface area contributed by atoms with Gasteiger partial charge in [0.2, 0.25) is 11.8 Å². The number of piperidine rings is 1. The fourth-order valence-electron chi connectivity index (χ4n) is 5.56. The predicted octanol–water partition coefficient (Wildman–Crippen LogP) is 4.01. The van der Waals surface area contributed by atoms with Gasteiger partial charge >= 0.3 is 0 Å². The van der Waals surface area contributed by atoms with Gasteiger partial charge in [0.05, 0.1) is 11.8 Å². The summed E-state index contributed by atoms with van der Waals surface area (Å²) < 4.78 is 11.6. The lowest BCUT2D eigenvalue weighted by Crippen LogP contribution is -2.51.